The van der Waals surface area contributed by atoms with Gasteiger partial charge in [0.2, 0.25) is 0 Å². The van der Waals surface area contributed by atoms with Crippen LogP contribution >= 0.6 is 23.3 Å². The van der Waals surface area contributed by atoms with Crippen LogP contribution < -0.4 is 4.90 Å². The second kappa shape index (κ2) is 6.65. The summed E-state index contributed by atoms with van der Waals surface area (Å²) in [5, 5.41) is 8.92. The van der Waals surface area contributed by atoms with E-state index in [2.05, 4.69) is 61.9 Å². The molecule has 4 aromatic heterocycles. The van der Waals surface area contributed by atoms with E-state index in [-0.39, 0.29) is 4.75 Å². The lowest BCUT2D eigenvalue weighted by Gasteiger charge is -2.21. The van der Waals surface area contributed by atoms with Crippen LogP contribution in [0.15, 0.2) is 35.9 Å². The van der Waals surface area contributed by atoms with Gasteiger partial charge in [-0.3, -0.25) is 9.50 Å². The number of fused-ring (bicyclic) bond motifs is 1. The van der Waals surface area contributed by atoms with Gasteiger partial charge in [0.1, 0.15) is 10.0 Å². The third kappa shape index (κ3) is 3.57. The van der Waals surface area contributed by atoms with Crippen LogP contribution in [0.3, 0.4) is 0 Å². The monoisotopic (exact) mass is 399 g/mol. The lowest BCUT2D eigenvalue weighted by molar-refractivity contribution is 0.797. The Balaban J connectivity index is 1.91. The molecule has 140 valence electrons. The number of rotatable bonds is 4. The Kier molecular flexibility index (Phi) is 4.43. The molecule has 0 radical (unpaired) electrons. The van der Waals surface area contributed by atoms with E-state index in [0.29, 0.717) is 0 Å². The molecule has 7 nitrogen and oxygen atoms in total. The van der Waals surface area contributed by atoms with E-state index in [9.17, 15) is 0 Å². The van der Waals surface area contributed by atoms with Crippen LogP contribution in [0.4, 0.5) is 10.8 Å². The van der Waals surface area contributed by atoms with Crippen molar-refractivity contribution >= 4 is 39.8 Å². The summed E-state index contributed by atoms with van der Waals surface area (Å²) in [4.78, 5) is 11.6. The van der Waals surface area contributed by atoms with Gasteiger partial charge in [0.05, 0.1) is 23.8 Å². The third-order valence-electron chi connectivity index (χ3n) is 3.92. The molecule has 0 aromatic carbocycles. The predicted octanol–water partition coefficient (Wildman–Crippen LogP) is 4.54. The van der Waals surface area contributed by atoms with Crippen LogP contribution in [0.25, 0.3) is 16.9 Å². The van der Waals surface area contributed by atoms with E-state index in [4.69, 9.17) is 4.98 Å². The first kappa shape index (κ1) is 18.0. The summed E-state index contributed by atoms with van der Waals surface area (Å²) < 4.78 is 6.54. The van der Waals surface area contributed by atoms with E-state index < -0.39 is 0 Å². The molecule has 0 amide bonds. The summed E-state index contributed by atoms with van der Waals surface area (Å²) in [6, 6.07) is 2.06. The van der Waals surface area contributed by atoms with Gasteiger partial charge in [-0.05, 0) is 24.5 Å². The van der Waals surface area contributed by atoms with E-state index in [1.54, 1.807) is 18.0 Å². The van der Waals surface area contributed by atoms with Crippen molar-refractivity contribution in [3.63, 3.8) is 0 Å². The zero-order chi connectivity index (χ0) is 19.2. The molecule has 0 aliphatic rings. The molecular formula is C18H21N7S2. The number of aromatic nitrogens is 6. The highest BCUT2D eigenvalue weighted by Gasteiger charge is 2.21. The standard InChI is InChI=1S/C18H21N7S2/c1-11-6-15(27-23-11)24(5)17-16-19-9-13(12-7-20-21-8-12)25(16)10-14(22-17)26-18(2,3)4/h6-10H,1-5H3,(H,20,21). The molecule has 0 saturated heterocycles. The molecule has 4 heterocycles. The largest absolute Gasteiger partial charge is 0.317 e. The lowest BCUT2D eigenvalue weighted by Crippen LogP contribution is -2.14. The highest BCUT2D eigenvalue weighted by molar-refractivity contribution is 8.00. The summed E-state index contributed by atoms with van der Waals surface area (Å²) in [5.41, 5.74) is 3.77. The summed E-state index contributed by atoms with van der Waals surface area (Å²) in [6.45, 7) is 8.55. The van der Waals surface area contributed by atoms with E-state index in [1.807, 2.05) is 26.4 Å². The second-order valence-corrected chi connectivity index (χ2v) is 9.94. The first-order valence-electron chi connectivity index (χ1n) is 8.55. The van der Waals surface area contributed by atoms with Gasteiger partial charge in [-0.15, -0.1) is 0 Å². The number of aromatic amines is 1. The van der Waals surface area contributed by atoms with E-state index in [0.717, 1.165) is 38.4 Å². The molecule has 0 unspecified atom stereocenters. The Morgan fingerprint density at radius 3 is 2.70 bits per heavy atom. The van der Waals surface area contributed by atoms with Crippen LogP contribution in [0.5, 0.6) is 0 Å². The number of hydrogen-bond donors (Lipinski definition) is 1. The van der Waals surface area contributed by atoms with Gasteiger partial charge in [-0.1, -0.05) is 32.5 Å². The number of imidazole rings is 1. The average Bonchev–Trinajstić information content (AvgIpc) is 3.31. The molecule has 9 heteroatoms. The molecule has 0 saturated carbocycles. The van der Waals surface area contributed by atoms with Crippen molar-refractivity contribution in [2.45, 2.75) is 37.5 Å². The number of thioether (sulfide) groups is 1. The lowest BCUT2D eigenvalue weighted by atomic mass is 10.3. The molecule has 0 bridgehead atoms. The maximum absolute atomic E-state index is 4.93. The van der Waals surface area contributed by atoms with Gasteiger partial charge in [0, 0.05) is 29.8 Å². The fourth-order valence-corrected chi connectivity index (χ4v) is 4.40. The molecular weight excluding hydrogens is 378 g/mol. The molecule has 0 atom stereocenters. The zero-order valence-electron chi connectivity index (χ0n) is 15.9. The summed E-state index contributed by atoms with van der Waals surface area (Å²) in [6.07, 6.45) is 7.59. The minimum atomic E-state index is 0.0496. The maximum atomic E-state index is 4.93. The molecule has 0 spiro atoms. The second-order valence-electron chi connectivity index (χ2n) is 7.31. The van der Waals surface area contributed by atoms with Crippen molar-refractivity contribution in [1.29, 1.82) is 0 Å². The Hall–Kier alpha value is -2.39. The predicted molar refractivity (Wildman–Crippen MR) is 111 cm³/mol. The highest BCUT2D eigenvalue weighted by atomic mass is 32.2. The Labute approximate surface area is 166 Å². The fourth-order valence-electron chi connectivity index (χ4n) is 2.76. The first-order chi connectivity index (χ1) is 12.8. The summed E-state index contributed by atoms with van der Waals surface area (Å²) in [7, 11) is 2.01. The topological polar surface area (TPSA) is 75.0 Å². The van der Waals surface area contributed by atoms with Crippen molar-refractivity contribution in [2.75, 3.05) is 11.9 Å². The van der Waals surface area contributed by atoms with Crippen LogP contribution in [0.2, 0.25) is 0 Å². The molecule has 1 N–H and O–H groups in total. The molecule has 0 aliphatic heterocycles. The summed E-state index contributed by atoms with van der Waals surface area (Å²) >= 11 is 3.20. The third-order valence-corrected chi connectivity index (χ3v) is 5.90. The normalized spacial score (nSPS) is 12.0. The Bertz CT molecular complexity index is 1070. The van der Waals surface area contributed by atoms with Gasteiger partial charge >= 0.3 is 0 Å². The average molecular weight is 400 g/mol. The molecule has 0 aliphatic carbocycles. The van der Waals surface area contributed by atoms with Crippen molar-refractivity contribution < 1.29 is 0 Å². The van der Waals surface area contributed by atoms with Crippen LogP contribution in [0.1, 0.15) is 26.5 Å². The molecule has 27 heavy (non-hydrogen) atoms. The SMILES string of the molecule is Cc1cc(N(C)c2nc(SC(C)(C)C)cn3c(-c4cn[nH]c4)cnc23)sn1. The molecule has 4 aromatic rings. The van der Waals surface area contributed by atoms with Gasteiger partial charge in [0.15, 0.2) is 11.5 Å². The number of nitrogens with one attached hydrogen (secondary N) is 1. The number of nitrogens with zero attached hydrogens (tertiary/aromatic N) is 6. The van der Waals surface area contributed by atoms with Gasteiger partial charge in [-0.25, -0.2) is 9.97 Å². The van der Waals surface area contributed by atoms with E-state index in [1.165, 1.54) is 11.5 Å². The number of hydrogen-bond acceptors (Lipinski definition) is 7. The maximum Gasteiger partial charge on any atom is 0.181 e. The Morgan fingerprint density at radius 1 is 1.26 bits per heavy atom. The highest BCUT2D eigenvalue weighted by Crippen LogP contribution is 2.36. The zero-order valence-corrected chi connectivity index (χ0v) is 17.5. The van der Waals surface area contributed by atoms with Crippen molar-refractivity contribution in [2.24, 2.45) is 0 Å². The number of anilines is 2. The van der Waals surface area contributed by atoms with Gasteiger partial charge in [-0.2, -0.15) is 9.47 Å². The molecule has 0 fully saturated rings. The molecule has 4 rings (SSSR count). The van der Waals surface area contributed by atoms with Crippen LogP contribution in [-0.4, -0.2) is 40.7 Å². The minimum Gasteiger partial charge on any atom is -0.317 e. The van der Waals surface area contributed by atoms with Gasteiger partial charge < -0.3 is 4.90 Å². The van der Waals surface area contributed by atoms with Crippen molar-refractivity contribution in [3.05, 3.63) is 36.5 Å². The van der Waals surface area contributed by atoms with E-state index >= 15 is 0 Å². The quantitative estimate of drug-likeness (QED) is 0.508. The fraction of sp³-hybridized carbons (Fsp3) is 0.333. The summed E-state index contributed by atoms with van der Waals surface area (Å²) in [5.74, 6) is 0.808. The first-order valence-corrected chi connectivity index (χ1v) is 10.1. The number of H-pyrrole nitrogens is 1. The van der Waals surface area contributed by atoms with Crippen molar-refractivity contribution in [3.8, 4) is 11.3 Å². The number of aryl methyl sites for hydroxylation is 1. The Morgan fingerprint density at radius 2 is 2.07 bits per heavy atom. The van der Waals surface area contributed by atoms with Crippen LogP contribution in [-0.2, 0) is 0 Å². The smallest absolute Gasteiger partial charge is 0.181 e. The van der Waals surface area contributed by atoms with Crippen LogP contribution in [0, 0.1) is 6.92 Å². The van der Waals surface area contributed by atoms with Crippen molar-refractivity contribution in [1.82, 2.24) is 28.9 Å². The minimum absolute atomic E-state index is 0.0496. The van der Waals surface area contributed by atoms with Gasteiger partial charge in [0.25, 0.3) is 0 Å².